The molecule has 8 heteroatoms. The molecule has 0 unspecified atom stereocenters. The summed E-state index contributed by atoms with van der Waals surface area (Å²) >= 11 is 0. The summed E-state index contributed by atoms with van der Waals surface area (Å²) in [6.07, 6.45) is 3.19. The summed E-state index contributed by atoms with van der Waals surface area (Å²) < 4.78 is 33.9. The number of hydrogen-bond donors (Lipinski definition) is 2. The van der Waals surface area contributed by atoms with E-state index in [0.717, 1.165) is 0 Å². The zero-order valence-corrected chi connectivity index (χ0v) is 14.6. The predicted octanol–water partition coefficient (Wildman–Crippen LogP) is 4.33. The van der Waals surface area contributed by atoms with Crippen molar-refractivity contribution in [3.63, 3.8) is 0 Å². The third-order valence-electron chi connectivity index (χ3n) is 4.13. The van der Waals surface area contributed by atoms with E-state index in [1.165, 1.54) is 24.4 Å². The highest BCUT2D eigenvalue weighted by Gasteiger charge is 2.15. The Bertz CT molecular complexity index is 1130. The molecule has 140 valence electrons. The fraction of sp³-hybridized carbons (Fsp3) is 0.0500. The number of anilines is 3. The van der Waals surface area contributed by atoms with Gasteiger partial charge in [-0.25, -0.2) is 18.7 Å². The molecule has 4 aromatic rings. The summed E-state index contributed by atoms with van der Waals surface area (Å²) in [7, 11) is 0. The van der Waals surface area contributed by atoms with E-state index >= 15 is 0 Å². The molecule has 3 aromatic heterocycles. The highest BCUT2D eigenvalue weighted by molar-refractivity contribution is 5.69. The van der Waals surface area contributed by atoms with E-state index in [1.807, 2.05) is 0 Å². The van der Waals surface area contributed by atoms with Gasteiger partial charge in [-0.3, -0.25) is 0 Å². The van der Waals surface area contributed by atoms with Gasteiger partial charge in [-0.2, -0.15) is 0 Å². The number of pyridine rings is 2. The first-order valence-electron chi connectivity index (χ1n) is 8.43. The SMILES string of the molecule is Nc1ncccc1-c1cc(Cc2ccnc(Nc3ccccc3F)c2F)no1. The summed E-state index contributed by atoms with van der Waals surface area (Å²) in [6, 6.07) is 12.7. The fourth-order valence-corrected chi connectivity index (χ4v) is 2.74. The van der Waals surface area contributed by atoms with E-state index in [9.17, 15) is 8.78 Å². The highest BCUT2D eigenvalue weighted by Crippen LogP contribution is 2.27. The summed E-state index contributed by atoms with van der Waals surface area (Å²) in [5.41, 5.74) is 7.44. The predicted molar refractivity (Wildman–Crippen MR) is 101 cm³/mol. The van der Waals surface area contributed by atoms with Crippen LogP contribution in [0.2, 0.25) is 0 Å². The first-order chi connectivity index (χ1) is 13.6. The van der Waals surface area contributed by atoms with Gasteiger partial charge >= 0.3 is 0 Å². The van der Waals surface area contributed by atoms with Crippen molar-refractivity contribution in [2.45, 2.75) is 6.42 Å². The van der Waals surface area contributed by atoms with Gasteiger partial charge in [-0.15, -0.1) is 0 Å². The third kappa shape index (κ3) is 3.52. The van der Waals surface area contributed by atoms with Crippen LogP contribution in [0.15, 0.2) is 65.4 Å². The lowest BCUT2D eigenvalue weighted by Crippen LogP contribution is -2.02. The Morgan fingerprint density at radius 3 is 2.68 bits per heavy atom. The van der Waals surface area contributed by atoms with E-state index in [0.29, 0.717) is 28.4 Å². The second-order valence-corrected chi connectivity index (χ2v) is 6.03. The molecular weight excluding hydrogens is 364 g/mol. The number of benzene rings is 1. The van der Waals surface area contributed by atoms with E-state index in [1.54, 1.807) is 36.5 Å². The average Bonchev–Trinajstić information content (AvgIpc) is 3.15. The normalized spacial score (nSPS) is 10.8. The molecule has 0 aliphatic heterocycles. The van der Waals surface area contributed by atoms with Crippen LogP contribution in [-0.4, -0.2) is 15.1 Å². The van der Waals surface area contributed by atoms with E-state index < -0.39 is 11.6 Å². The number of rotatable bonds is 5. The highest BCUT2D eigenvalue weighted by atomic mass is 19.1. The first-order valence-corrected chi connectivity index (χ1v) is 8.43. The van der Waals surface area contributed by atoms with Crippen molar-refractivity contribution in [3.8, 4) is 11.3 Å². The van der Waals surface area contributed by atoms with Crippen molar-refractivity contribution in [1.29, 1.82) is 0 Å². The third-order valence-corrected chi connectivity index (χ3v) is 4.13. The van der Waals surface area contributed by atoms with Gasteiger partial charge in [0.1, 0.15) is 11.6 Å². The molecule has 3 N–H and O–H groups in total. The molecule has 0 aliphatic rings. The lowest BCUT2D eigenvalue weighted by Gasteiger charge is -2.09. The molecular formula is C20H15F2N5O. The number of para-hydroxylation sites is 1. The molecule has 0 saturated carbocycles. The van der Waals surface area contributed by atoms with E-state index in [2.05, 4.69) is 20.4 Å². The summed E-state index contributed by atoms with van der Waals surface area (Å²) in [5, 5.41) is 6.65. The van der Waals surface area contributed by atoms with Crippen LogP contribution in [0.1, 0.15) is 11.3 Å². The quantitative estimate of drug-likeness (QED) is 0.537. The number of nitrogens with two attached hydrogens (primary N) is 1. The molecule has 0 spiro atoms. The van der Waals surface area contributed by atoms with Crippen LogP contribution in [0, 0.1) is 11.6 Å². The van der Waals surface area contributed by atoms with Crippen molar-refractivity contribution in [3.05, 3.63) is 83.8 Å². The fourth-order valence-electron chi connectivity index (χ4n) is 2.74. The Hall–Kier alpha value is -3.81. The Kier molecular flexibility index (Phi) is 4.67. The van der Waals surface area contributed by atoms with Gasteiger partial charge in [-0.1, -0.05) is 17.3 Å². The van der Waals surface area contributed by atoms with Crippen LogP contribution in [0.4, 0.5) is 26.1 Å². The maximum absolute atomic E-state index is 14.8. The van der Waals surface area contributed by atoms with E-state index in [4.69, 9.17) is 10.3 Å². The molecule has 0 amide bonds. The number of nitrogens with one attached hydrogen (secondary N) is 1. The Morgan fingerprint density at radius 2 is 1.86 bits per heavy atom. The summed E-state index contributed by atoms with van der Waals surface area (Å²) in [6.45, 7) is 0. The van der Waals surface area contributed by atoms with Crippen LogP contribution < -0.4 is 11.1 Å². The number of nitrogen functional groups attached to an aromatic ring is 1. The Balaban J connectivity index is 1.58. The molecule has 3 heterocycles. The molecule has 0 bridgehead atoms. The van der Waals surface area contributed by atoms with Crippen LogP contribution >= 0.6 is 0 Å². The molecule has 0 atom stereocenters. The molecule has 4 rings (SSSR count). The molecule has 1 aromatic carbocycles. The van der Waals surface area contributed by atoms with Gasteiger partial charge in [-0.05, 0) is 35.9 Å². The second-order valence-electron chi connectivity index (χ2n) is 6.03. The van der Waals surface area contributed by atoms with Crippen molar-refractivity contribution in [1.82, 2.24) is 15.1 Å². The molecule has 0 radical (unpaired) electrons. The monoisotopic (exact) mass is 379 g/mol. The number of nitrogens with zero attached hydrogens (tertiary/aromatic N) is 3. The smallest absolute Gasteiger partial charge is 0.170 e. The Morgan fingerprint density at radius 1 is 1.00 bits per heavy atom. The van der Waals surface area contributed by atoms with Crippen LogP contribution in [0.5, 0.6) is 0 Å². The maximum Gasteiger partial charge on any atom is 0.170 e. The van der Waals surface area contributed by atoms with Gasteiger partial charge < -0.3 is 15.6 Å². The van der Waals surface area contributed by atoms with Crippen molar-refractivity contribution < 1.29 is 13.3 Å². The summed E-state index contributed by atoms with van der Waals surface area (Å²) in [4.78, 5) is 7.96. The van der Waals surface area contributed by atoms with Gasteiger partial charge in [0.2, 0.25) is 0 Å². The van der Waals surface area contributed by atoms with Crippen molar-refractivity contribution in [2.75, 3.05) is 11.1 Å². The van der Waals surface area contributed by atoms with Gasteiger partial charge in [0.05, 0.1) is 16.9 Å². The number of halogens is 2. The molecule has 0 aliphatic carbocycles. The van der Waals surface area contributed by atoms with Crippen LogP contribution in [0.3, 0.4) is 0 Å². The average molecular weight is 379 g/mol. The number of aromatic nitrogens is 3. The van der Waals surface area contributed by atoms with Gasteiger partial charge in [0.25, 0.3) is 0 Å². The van der Waals surface area contributed by atoms with Gasteiger partial charge in [0, 0.05) is 24.9 Å². The summed E-state index contributed by atoms with van der Waals surface area (Å²) in [5.74, 6) is -0.389. The van der Waals surface area contributed by atoms with Crippen LogP contribution in [0.25, 0.3) is 11.3 Å². The minimum atomic E-state index is -0.587. The van der Waals surface area contributed by atoms with Crippen LogP contribution in [-0.2, 0) is 6.42 Å². The standard InChI is InChI=1S/C20H15F2N5O/c21-15-5-1-2-6-16(15)26-20-18(22)12(7-9-25-20)10-13-11-17(28-27-13)14-4-3-8-24-19(14)23/h1-9,11H,10H2,(H2,23,24)(H,25,26). The van der Waals surface area contributed by atoms with E-state index in [-0.39, 0.29) is 17.9 Å². The molecule has 0 saturated heterocycles. The lowest BCUT2D eigenvalue weighted by molar-refractivity contribution is 0.424. The number of hydrogen-bond acceptors (Lipinski definition) is 6. The lowest BCUT2D eigenvalue weighted by atomic mass is 10.1. The largest absolute Gasteiger partial charge is 0.383 e. The minimum absolute atomic E-state index is 0.0668. The zero-order valence-electron chi connectivity index (χ0n) is 14.6. The second kappa shape index (κ2) is 7.43. The minimum Gasteiger partial charge on any atom is -0.383 e. The molecule has 28 heavy (non-hydrogen) atoms. The maximum atomic E-state index is 14.8. The molecule has 6 nitrogen and oxygen atoms in total. The zero-order chi connectivity index (χ0) is 19.5. The van der Waals surface area contributed by atoms with Gasteiger partial charge in [0.15, 0.2) is 17.4 Å². The Labute approximate surface area is 159 Å². The molecule has 0 fully saturated rings. The van der Waals surface area contributed by atoms with Crippen molar-refractivity contribution >= 4 is 17.3 Å². The topological polar surface area (TPSA) is 89.9 Å². The van der Waals surface area contributed by atoms with Crippen molar-refractivity contribution in [2.24, 2.45) is 0 Å². The first kappa shape index (κ1) is 17.6.